The van der Waals surface area contributed by atoms with Gasteiger partial charge in [-0.2, -0.15) is 5.26 Å². The molecule has 0 N–H and O–H groups in total. The topological polar surface area (TPSA) is 23.8 Å². The fraction of sp³-hybridized carbons (Fsp3) is 0.278. The average Bonchev–Trinajstić information content (AvgIpc) is 2.54. The number of hydrogen-bond donors (Lipinski definition) is 0. The smallest absolute Gasteiger partial charge is 0.160 e. The molecule has 0 spiro atoms. The van der Waals surface area contributed by atoms with Gasteiger partial charge >= 0.3 is 0 Å². The Bertz CT molecular complexity index is 611. The van der Waals surface area contributed by atoms with Gasteiger partial charge in [0, 0.05) is 0 Å². The van der Waals surface area contributed by atoms with Crippen LogP contribution in [-0.4, -0.2) is 0 Å². The second-order valence-electron chi connectivity index (χ2n) is 5.03. The van der Waals surface area contributed by atoms with Crippen LogP contribution in [0, 0.1) is 11.3 Å². The third-order valence-corrected chi connectivity index (χ3v) is 3.45. The van der Waals surface area contributed by atoms with Crippen LogP contribution in [0.5, 0.6) is 0 Å². The Kier molecular flexibility index (Phi) is 5.05. The van der Waals surface area contributed by atoms with Crippen LogP contribution in [-0.2, 0) is 6.42 Å². The van der Waals surface area contributed by atoms with Crippen LogP contribution in [0.15, 0.2) is 48.5 Å². The van der Waals surface area contributed by atoms with Gasteiger partial charge in [0.2, 0.25) is 0 Å². The summed E-state index contributed by atoms with van der Waals surface area (Å²) >= 11 is 0. The number of hydrogen-bond acceptors (Lipinski definition) is 1. The van der Waals surface area contributed by atoms with E-state index in [1.807, 2.05) is 18.2 Å². The normalized spacial score (nSPS) is 13.4. The molecule has 0 aliphatic heterocycles. The van der Waals surface area contributed by atoms with Crippen molar-refractivity contribution < 1.29 is 8.78 Å². The van der Waals surface area contributed by atoms with Gasteiger partial charge in [0.25, 0.3) is 0 Å². The lowest BCUT2D eigenvalue weighted by molar-refractivity contribution is 0.170. The molecule has 0 saturated carbocycles. The molecule has 2 atom stereocenters. The minimum Gasteiger partial charge on any atom is -0.239 e. The van der Waals surface area contributed by atoms with Gasteiger partial charge in [0.15, 0.2) is 12.3 Å². The van der Waals surface area contributed by atoms with Crippen LogP contribution in [0.4, 0.5) is 8.78 Å². The first kappa shape index (κ1) is 15.2. The molecule has 0 heterocycles. The van der Waals surface area contributed by atoms with Crippen molar-refractivity contribution in [3.63, 3.8) is 0 Å². The van der Waals surface area contributed by atoms with Crippen molar-refractivity contribution in [3.05, 3.63) is 70.8 Å². The van der Waals surface area contributed by atoms with Crippen molar-refractivity contribution in [1.29, 1.82) is 5.26 Å². The summed E-state index contributed by atoms with van der Waals surface area (Å²) in [5.41, 5.74) is 2.15. The molecule has 0 aromatic heterocycles. The van der Waals surface area contributed by atoms with E-state index in [0.29, 0.717) is 11.1 Å². The summed E-state index contributed by atoms with van der Waals surface area (Å²) in [7, 11) is 0. The van der Waals surface area contributed by atoms with Crippen molar-refractivity contribution in [2.24, 2.45) is 0 Å². The largest absolute Gasteiger partial charge is 0.239 e. The van der Waals surface area contributed by atoms with E-state index in [4.69, 9.17) is 5.26 Å². The Morgan fingerprint density at radius 3 is 1.81 bits per heavy atom. The summed E-state index contributed by atoms with van der Waals surface area (Å²) in [4.78, 5) is 0. The highest BCUT2D eigenvalue weighted by atomic mass is 19.2. The molecule has 0 aliphatic carbocycles. The highest BCUT2D eigenvalue weighted by molar-refractivity contribution is 5.34. The van der Waals surface area contributed by atoms with E-state index in [-0.39, 0.29) is 5.56 Å². The fourth-order valence-corrected chi connectivity index (χ4v) is 2.24. The predicted molar refractivity (Wildman–Crippen MR) is 79.3 cm³/mol. The van der Waals surface area contributed by atoms with Gasteiger partial charge in [0.05, 0.1) is 11.6 Å². The quantitative estimate of drug-likeness (QED) is 0.737. The predicted octanol–water partition coefficient (Wildman–Crippen LogP) is 5.23. The minimum atomic E-state index is -1.73. The lowest BCUT2D eigenvalue weighted by atomic mass is 9.98. The molecular weight excluding hydrogens is 268 g/mol. The van der Waals surface area contributed by atoms with Crippen molar-refractivity contribution in [3.8, 4) is 6.07 Å². The summed E-state index contributed by atoms with van der Waals surface area (Å²) in [5, 5.41) is 8.71. The number of nitrogens with zero attached hydrogens (tertiary/aromatic N) is 1. The zero-order chi connectivity index (χ0) is 15.2. The minimum absolute atomic E-state index is 0.249. The SMILES string of the molecule is CCCc1ccc(C(F)C(F)c2ccc(C#N)cc2)cc1. The van der Waals surface area contributed by atoms with Gasteiger partial charge in [-0.15, -0.1) is 0 Å². The van der Waals surface area contributed by atoms with Crippen molar-refractivity contribution in [1.82, 2.24) is 0 Å². The second-order valence-corrected chi connectivity index (χ2v) is 5.03. The molecule has 0 bridgehead atoms. The summed E-state index contributed by atoms with van der Waals surface area (Å²) < 4.78 is 28.5. The molecular formula is C18H17F2N. The molecule has 1 nitrogen and oxygen atoms in total. The molecule has 3 heteroatoms. The molecule has 2 aromatic carbocycles. The van der Waals surface area contributed by atoms with Gasteiger partial charge in [-0.3, -0.25) is 0 Å². The third-order valence-electron chi connectivity index (χ3n) is 3.45. The van der Waals surface area contributed by atoms with Crippen molar-refractivity contribution in [2.75, 3.05) is 0 Å². The van der Waals surface area contributed by atoms with E-state index in [0.717, 1.165) is 18.4 Å². The van der Waals surface area contributed by atoms with Crippen LogP contribution in [0.25, 0.3) is 0 Å². The van der Waals surface area contributed by atoms with E-state index < -0.39 is 12.3 Å². The Morgan fingerprint density at radius 2 is 1.38 bits per heavy atom. The number of halogens is 2. The molecule has 2 aromatic rings. The lowest BCUT2D eigenvalue weighted by Gasteiger charge is -2.15. The van der Waals surface area contributed by atoms with E-state index in [9.17, 15) is 8.78 Å². The first-order valence-corrected chi connectivity index (χ1v) is 7.02. The highest BCUT2D eigenvalue weighted by Crippen LogP contribution is 2.35. The number of alkyl halides is 2. The molecule has 0 saturated heterocycles. The van der Waals surface area contributed by atoms with Crippen LogP contribution < -0.4 is 0 Å². The third kappa shape index (κ3) is 3.66. The zero-order valence-electron chi connectivity index (χ0n) is 11.9. The lowest BCUT2D eigenvalue weighted by Crippen LogP contribution is -2.02. The monoisotopic (exact) mass is 285 g/mol. The molecule has 0 aliphatic rings. The summed E-state index contributed by atoms with van der Waals surface area (Å²) in [6, 6.07) is 14.9. The first-order chi connectivity index (χ1) is 10.2. The molecule has 108 valence electrons. The van der Waals surface area contributed by atoms with Crippen molar-refractivity contribution in [2.45, 2.75) is 32.1 Å². The maximum Gasteiger partial charge on any atom is 0.160 e. The van der Waals surface area contributed by atoms with E-state index >= 15 is 0 Å². The van der Waals surface area contributed by atoms with Gasteiger partial charge in [-0.25, -0.2) is 8.78 Å². The van der Waals surface area contributed by atoms with Crippen LogP contribution in [0.1, 0.15) is 47.9 Å². The molecule has 0 radical (unpaired) electrons. The molecule has 0 amide bonds. The van der Waals surface area contributed by atoms with Crippen LogP contribution in [0.2, 0.25) is 0 Å². The van der Waals surface area contributed by atoms with Gasteiger partial charge in [-0.05, 0) is 35.2 Å². The summed E-state index contributed by atoms with van der Waals surface area (Å²) in [5.74, 6) is 0. The van der Waals surface area contributed by atoms with E-state index in [1.54, 1.807) is 12.1 Å². The van der Waals surface area contributed by atoms with Crippen molar-refractivity contribution >= 4 is 0 Å². The Hall–Kier alpha value is -2.21. The molecule has 2 rings (SSSR count). The van der Waals surface area contributed by atoms with Crippen LogP contribution in [0.3, 0.4) is 0 Å². The average molecular weight is 285 g/mol. The molecule has 2 unspecified atom stereocenters. The maximum atomic E-state index is 14.3. The van der Waals surface area contributed by atoms with Gasteiger partial charge in [-0.1, -0.05) is 49.7 Å². The molecule has 21 heavy (non-hydrogen) atoms. The van der Waals surface area contributed by atoms with E-state index in [1.165, 1.54) is 24.3 Å². The standard InChI is InChI=1S/C18H17F2N/c1-2-3-13-4-8-15(9-5-13)17(19)18(20)16-10-6-14(12-21)7-11-16/h4-11,17-18H,2-3H2,1H3. The number of nitriles is 1. The summed E-state index contributed by atoms with van der Waals surface area (Å²) in [6.07, 6.45) is -1.47. The Labute approximate surface area is 123 Å². The number of aryl methyl sites for hydroxylation is 1. The summed E-state index contributed by atoms with van der Waals surface area (Å²) in [6.45, 7) is 2.08. The fourth-order valence-electron chi connectivity index (χ4n) is 2.24. The van der Waals surface area contributed by atoms with E-state index in [2.05, 4.69) is 6.92 Å². The zero-order valence-corrected chi connectivity index (χ0v) is 11.9. The first-order valence-electron chi connectivity index (χ1n) is 7.02. The Morgan fingerprint density at radius 1 is 0.905 bits per heavy atom. The molecule has 0 fully saturated rings. The second kappa shape index (κ2) is 6.99. The Balaban J connectivity index is 2.13. The van der Waals surface area contributed by atoms with Gasteiger partial charge in [0.1, 0.15) is 0 Å². The highest BCUT2D eigenvalue weighted by Gasteiger charge is 2.24. The number of benzene rings is 2. The van der Waals surface area contributed by atoms with Crippen LogP contribution >= 0.6 is 0 Å². The van der Waals surface area contributed by atoms with Gasteiger partial charge < -0.3 is 0 Å². The number of rotatable bonds is 5. The maximum absolute atomic E-state index is 14.3.